The molecule has 1 rings (SSSR count). The average molecular weight is 222 g/mol. The number of nitrogens with two attached hydrogens (primary N) is 1. The zero-order valence-corrected chi connectivity index (χ0v) is 10.3. The first kappa shape index (κ1) is 13.0. The predicted molar refractivity (Wildman–Crippen MR) is 67.8 cm³/mol. The third-order valence-electron chi connectivity index (χ3n) is 2.63. The molecule has 0 atom stereocenters. The highest BCUT2D eigenvalue weighted by Crippen LogP contribution is 2.19. The normalized spacial score (nSPS) is 10.4. The molecule has 1 aromatic rings. The van der Waals surface area contributed by atoms with Gasteiger partial charge in [-0.05, 0) is 37.6 Å². The van der Waals surface area contributed by atoms with Gasteiger partial charge < -0.3 is 15.8 Å². The molecule has 0 bridgehead atoms. The van der Waals surface area contributed by atoms with Crippen LogP contribution in [0.5, 0.6) is 5.75 Å². The van der Waals surface area contributed by atoms with Crippen LogP contribution >= 0.6 is 0 Å². The smallest absolute Gasteiger partial charge is 0.123 e. The van der Waals surface area contributed by atoms with E-state index in [0.29, 0.717) is 0 Å². The molecule has 1 aromatic carbocycles. The first-order valence-corrected chi connectivity index (χ1v) is 5.88. The van der Waals surface area contributed by atoms with Gasteiger partial charge in [0.05, 0.1) is 7.11 Å². The molecule has 3 nitrogen and oxygen atoms in total. The maximum absolute atomic E-state index is 5.44. The van der Waals surface area contributed by atoms with E-state index in [1.54, 1.807) is 7.11 Å². The first-order chi connectivity index (χ1) is 7.81. The lowest BCUT2D eigenvalue weighted by Crippen LogP contribution is -2.18. The maximum atomic E-state index is 5.44. The molecule has 0 saturated carbocycles. The molecule has 0 fully saturated rings. The van der Waals surface area contributed by atoms with Crippen LogP contribution in [0.2, 0.25) is 0 Å². The Kier molecular flexibility index (Phi) is 5.90. The minimum Gasteiger partial charge on any atom is -0.496 e. The molecule has 0 aromatic heterocycles. The number of benzene rings is 1. The SMILES string of the molecule is CCc1ccc(OC)c(CNCCCN)c1. The van der Waals surface area contributed by atoms with E-state index in [1.807, 2.05) is 6.07 Å². The van der Waals surface area contributed by atoms with Crippen LogP contribution in [0.4, 0.5) is 0 Å². The number of methoxy groups -OCH3 is 1. The standard InChI is InChI=1S/C13H22N2O/c1-3-11-5-6-13(16-2)12(9-11)10-15-8-4-7-14/h5-6,9,15H,3-4,7-8,10,14H2,1-2H3. The van der Waals surface area contributed by atoms with E-state index in [9.17, 15) is 0 Å². The summed E-state index contributed by atoms with van der Waals surface area (Å²) in [6.07, 6.45) is 2.07. The number of aryl methyl sites for hydroxylation is 1. The van der Waals surface area contributed by atoms with E-state index in [4.69, 9.17) is 10.5 Å². The molecule has 0 aliphatic carbocycles. The van der Waals surface area contributed by atoms with Gasteiger partial charge in [-0.15, -0.1) is 0 Å². The second-order valence-electron chi connectivity index (χ2n) is 3.82. The summed E-state index contributed by atoms with van der Waals surface area (Å²) >= 11 is 0. The van der Waals surface area contributed by atoms with Crippen LogP contribution < -0.4 is 15.8 Å². The molecular formula is C13H22N2O. The monoisotopic (exact) mass is 222 g/mol. The third kappa shape index (κ3) is 3.83. The highest BCUT2D eigenvalue weighted by Gasteiger charge is 2.03. The molecule has 0 unspecified atom stereocenters. The van der Waals surface area contributed by atoms with Crippen LogP contribution in [0, 0.1) is 0 Å². The molecule has 3 heteroatoms. The highest BCUT2D eigenvalue weighted by atomic mass is 16.5. The Bertz CT molecular complexity index is 313. The summed E-state index contributed by atoms with van der Waals surface area (Å²) in [4.78, 5) is 0. The van der Waals surface area contributed by atoms with Gasteiger partial charge in [0.25, 0.3) is 0 Å². The predicted octanol–water partition coefficient (Wildman–Crippen LogP) is 1.70. The molecule has 0 saturated heterocycles. The quantitative estimate of drug-likeness (QED) is 0.690. The largest absolute Gasteiger partial charge is 0.496 e. The van der Waals surface area contributed by atoms with Gasteiger partial charge in [0.15, 0.2) is 0 Å². The lowest BCUT2D eigenvalue weighted by molar-refractivity contribution is 0.407. The van der Waals surface area contributed by atoms with E-state index in [2.05, 4.69) is 24.4 Å². The number of rotatable bonds is 7. The fourth-order valence-corrected chi connectivity index (χ4v) is 1.64. The van der Waals surface area contributed by atoms with E-state index in [-0.39, 0.29) is 0 Å². The summed E-state index contributed by atoms with van der Waals surface area (Å²) in [6, 6.07) is 6.36. The summed E-state index contributed by atoms with van der Waals surface area (Å²) in [5.74, 6) is 0.956. The summed E-state index contributed by atoms with van der Waals surface area (Å²) in [6.45, 7) is 4.69. The number of nitrogens with one attached hydrogen (secondary N) is 1. The zero-order chi connectivity index (χ0) is 11.8. The van der Waals surface area contributed by atoms with Crippen molar-refractivity contribution in [3.05, 3.63) is 29.3 Å². The molecule has 0 aliphatic rings. The molecular weight excluding hydrogens is 200 g/mol. The lowest BCUT2D eigenvalue weighted by atomic mass is 10.1. The Morgan fingerprint density at radius 1 is 1.38 bits per heavy atom. The molecule has 0 radical (unpaired) electrons. The van der Waals surface area contributed by atoms with Gasteiger partial charge in [0.2, 0.25) is 0 Å². The van der Waals surface area contributed by atoms with E-state index < -0.39 is 0 Å². The zero-order valence-electron chi connectivity index (χ0n) is 10.3. The van der Waals surface area contributed by atoms with E-state index in [0.717, 1.165) is 38.2 Å². The van der Waals surface area contributed by atoms with Gasteiger partial charge in [0, 0.05) is 12.1 Å². The van der Waals surface area contributed by atoms with Crippen molar-refractivity contribution in [2.75, 3.05) is 20.2 Å². The van der Waals surface area contributed by atoms with Crippen LogP contribution in [0.1, 0.15) is 24.5 Å². The van der Waals surface area contributed by atoms with Crippen molar-refractivity contribution in [2.45, 2.75) is 26.3 Å². The van der Waals surface area contributed by atoms with Gasteiger partial charge >= 0.3 is 0 Å². The summed E-state index contributed by atoms with van der Waals surface area (Å²) in [7, 11) is 1.71. The van der Waals surface area contributed by atoms with Gasteiger partial charge in [-0.3, -0.25) is 0 Å². The molecule has 0 heterocycles. The topological polar surface area (TPSA) is 47.3 Å². The Morgan fingerprint density at radius 2 is 2.19 bits per heavy atom. The summed E-state index contributed by atoms with van der Waals surface area (Å²) in [5.41, 5.74) is 8.01. The van der Waals surface area contributed by atoms with Gasteiger partial charge in [0.1, 0.15) is 5.75 Å². The molecule has 90 valence electrons. The summed E-state index contributed by atoms with van der Waals surface area (Å²) < 4.78 is 5.34. The van der Waals surface area contributed by atoms with Crippen molar-refractivity contribution in [2.24, 2.45) is 5.73 Å². The second kappa shape index (κ2) is 7.25. The van der Waals surface area contributed by atoms with Crippen LogP contribution in [0.15, 0.2) is 18.2 Å². The maximum Gasteiger partial charge on any atom is 0.123 e. The van der Waals surface area contributed by atoms with Crippen molar-refractivity contribution in [1.29, 1.82) is 0 Å². The Labute approximate surface area is 98.0 Å². The Morgan fingerprint density at radius 3 is 2.81 bits per heavy atom. The fourth-order valence-electron chi connectivity index (χ4n) is 1.64. The molecule has 0 spiro atoms. The van der Waals surface area contributed by atoms with Crippen molar-refractivity contribution < 1.29 is 4.74 Å². The van der Waals surface area contributed by atoms with Crippen LogP contribution in [0.25, 0.3) is 0 Å². The minimum absolute atomic E-state index is 0.735. The van der Waals surface area contributed by atoms with Gasteiger partial charge in [-0.2, -0.15) is 0 Å². The summed E-state index contributed by atoms with van der Waals surface area (Å²) in [5, 5.41) is 3.37. The lowest BCUT2D eigenvalue weighted by Gasteiger charge is -2.11. The Balaban J connectivity index is 2.60. The fraction of sp³-hybridized carbons (Fsp3) is 0.538. The van der Waals surface area contributed by atoms with Crippen LogP contribution in [0.3, 0.4) is 0 Å². The van der Waals surface area contributed by atoms with Crippen molar-refractivity contribution in [1.82, 2.24) is 5.32 Å². The van der Waals surface area contributed by atoms with Crippen molar-refractivity contribution >= 4 is 0 Å². The van der Waals surface area contributed by atoms with E-state index in [1.165, 1.54) is 11.1 Å². The Hall–Kier alpha value is -1.06. The molecule has 0 amide bonds. The van der Waals surface area contributed by atoms with Gasteiger partial charge in [-0.1, -0.05) is 19.1 Å². The van der Waals surface area contributed by atoms with E-state index >= 15 is 0 Å². The minimum atomic E-state index is 0.735. The van der Waals surface area contributed by atoms with Gasteiger partial charge in [-0.25, -0.2) is 0 Å². The second-order valence-corrected chi connectivity index (χ2v) is 3.82. The number of hydrogen-bond donors (Lipinski definition) is 2. The molecule has 3 N–H and O–H groups in total. The number of ether oxygens (including phenoxy) is 1. The molecule has 0 aliphatic heterocycles. The van der Waals surface area contributed by atoms with Crippen molar-refractivity contribution in [3.63, 3.8) is 0 Å². The highest BCUT2D eigenvalue weighted by molar-refractivity contribution is 5.37. The number of hydrogen-bond acceptors (Lipinski definition) is 3. The molecule has 16 heavy (non-hydrogen) atoms. The van der Waals surface area contributed by atoms with Crippen molar-refractivity contribution in [3.8, 4) is 5.75 Å². The first-order valence-electron chi connectivity index (χ1n) is 5.88. The van der Waals surface area contributed by atoms with Crippen LogP contribution in [-0.4, -0.2) is 20.2 Å². The average Bonchev–Trinajstić information content (AvgIpc) is 2.34. The third-order valence-corrected chi connectivity index (χ3v) is 2.63. The van der Waals surface area contributed by atoms with Crippen LogP contribution in [-0.2, 0) is 13.0 Å².